The molecule has 4 aromatic rings. The molecule has 0 unspecified atom stereocenters. The highest BCUT2D eigenvalue weighted by atomic mass is 19.1. The number of halogens is 1. The molecule has 6 rings (SSSR count). The molecular weight excluding hydrogens is 435 g/mol. The molecule has 34 heavy (non-hydrogen) atoms. The molecule has 1 aromatic carbocycles. The van der Waals surface area contributed by atoms with Crippen molar-refractivity contribution in [3.8, 4) is 11.4 Å². The second-order valence-corrected chi connectivity index (χ2v) is 8.93. The molecular formula is C25H25FN6O2. The Hall–Kier alpha value is -3.56. The predicted octanol–water partition coefficient (Wildman–Crippen LogP) is 2.81. The molecule has 5 heterocycles. The van der Waals surface area contributed by atoms with Crippen LogP contribution in [-0.4, -0.2) is 61.6 Å². The van der Waals surface area contributed by atoms with Crippen molar-refractivity contribution in [3.05, 3.63) is 72.2 Å². The molecule has 0 bridgehead atoms. The summed E-state index contributed by atoms with van der Waals surface area (Å²) in [5.74, 6) is 1.26. The second-order valence-electron chi connectivity index (χ2n) is 8.93. The van der Waals surface area contributed by atoms with Crippen molar-refractivity contribution < 1.29 is 14.6 Å². The van der Waals surface area contributed by atoms with Crippen LogP contribution in [0.1, 0.15) is 24.4 Å². The fourth-order valence-corrected chi connectivity index (χ4v) is 4.99. The molecule has 0 spiro atoms. The van der Waals surface area contributed by atoms with Crippen LogP contribution in [0.15, 0.2) is 60.8 Å². The molecule has 3 aromatic heterocycles. The molecule has 174 valence electrons. The maximum Gasteiger partial charge on any atom is 0.154 e. The Morgan fingerprint density at radius 2 is 1.76 bits per heavy atom. The van der Waals surface area contributed by atoms with Crippen molar-refractivity contribution in [2.24, 2.45) is 0 Å². The average Bonchev–Trinajstić information content (AvgIpc) is 3.57. The highest BCUT2D eigenvalue weighted by Gasteiger charge is 2.31. The molecule has 0 amide bonds. The highest BCUT2D eigenvalue weighted by molar-refractivity contribution is 5.63. The van der Waals surface area contributed by atoms with Crippen molar-refractivity contribution in [3.63, 3.8) is 0 Å². The summed E-state index contributed by atoms with van der Waals surface area (Å²) in [6.45, 7) is 1.52. The van der Waals surface area contributed by atoms with Crippen molar-refractivity contribution in [2.75, 3.05) is 29.4 Å². The van der Waals surface area contributed by atoms with Crippen molar-refractivity contribution in [1.29, 1.82) is 0 Å². The van der Waals surface area contributed by atoms with Crippen molar-refractivity contribution >= 4 is 17.3 Å². The molecule has 2 aliphatic rings. The van der Waals surface area contributed by atoms with Gasteiger partial charge in [-0.05, 0) is 54.8 Å². The monoisotopic (exact) mass is 460 g/mol. The Morgan fingerprint density at radius 1 is 0.941 bits per heavy atom. The van der Waals surface area contributed by atoms with Crippen molar-refractivity contribution in [2.45, 2.75) is 31.1 Å². The zero-order chi connectivity index (χ0) is 23.2. The van der Waals surface area contributed by atoms with Crippen LogP contribution in [0.5, 0.6) is 0 Å². The first-order valence-electron chi connectivity index (χ1n) is 11.5. The van der Waals surface area contributed by atoms with Gasteiger partial charge in [0.1, 0.15) is 23.1 Å². The number of nitrogens with zero attached hydrogens (tertiary/aromatic N) is 6. The van der Waals surface area contributed by atoms with E-state index < -0.39 is 12.2 Å². The Bertz CT molecular complexity index is 1330. The maximum absolute atomic E-state index is 13.9. The van der Waals surface area contributed by atoms with Gasteiger partial charge in [-0.25, -0.2) is 18.9 Å². The average molecular weight is 461 g/mol. The topological polar surface area (TPSA) is 90.0 Å². The first-order valence-corrected chi connectivity index (χ1v) is 11.5. The van der Waals surface area contributed by atoms with Gasteiger partial charge in [0.2, 0.25) is 0 Å². The fraction of sp³-hybridized carbons (Fsp3) is 0.320. The van der Waals surface area contributed by atoms with E-state index in [1.807, 2.05) is 41.3 Å². The third-order valence-electron chi connectivity index (χ3n) is 6.71. The number of β-amino-alcohol motifs (C(OH)–C–C–N with tert-alkyl or cyclic N) is 2. The van der Waals surface area contributed by atoms with Gasteiger partial charge in [-0.1, -0.05) is 18.2 Å². The minimum absolute atomic E-state index is 0.0714. The minimum Gasteiger partial charge on any atom is -0.389 e. The van der Waals surface area contributed by atoms with Gasteiger partial charge in [0.05, 0.1) is 30.1 Å². The second kappa shape index (κ2) is 8.34. The number of aliphatic hydroxyl groups is 2. The lowest BCUT2D eigenvalue weighted by molar-refractivity contribution is 0.0572. The SMILES string of the molecule is O[C@H]1CN(c2cccc(-c3cnc4ccc(N5CCC[C@@H]5c5cccc(F)c5)nn34)n2)C[C@@H]1O. The van der Waals surface area contributed by atoms with E-state index in [0.29, 0.717) is 30.2 Å². The summed E-state index contributed by atoms with van der Waals surface area (Å²) in [4.78, 5) is 13.4. The van der Waals surface area contributed by atoms with Gasteiger partial charge in [-0.2, -0.15) is 0 Å². The lowest BCUT2D eigenvalue weighted by atomic mass is 10.0. The Labute approximate surface area is 195 Å². The Balaban J connectivity index is 1.35. The van der Waals surface area contributed by atoms with Crippen LogP contribution in [-0.2, 0) is 0 Å². The quantitative estimate of drug-likeness (QED) is 0.484. The zero-order valence-electron chi connectivity index (χ0n) is 18.5. The van der Waals surface area contributed by atoms with E-state index in [4.69, 9.17) is 10.1 Å². The van der Waals surface area contributed by atoms with Gasteiger partial charge in [0.25, 0.3) is 0 Å². The molecule has 2 aliphatic heterocycles. The van der Waals surface area contributed by atoms with Crippen LogP contribution >= 0.6 is 0 Å². The summed E-state index contributed by atoms with van der Waals surface area (Å²) in [5.41, 5.74) is 3.11. The zero-order valence-corrected chi connectivity index (χ0v) is 18.5. The van der Waals surface area contributed by atoms with Gasteiger partial charge >= 0.3 is 0 Å². The lowest BCUT2D eigenvalue weighted by Crippen LogP contribution is -2.24. The molecule has 3 atom stereocenters. The lowest BCUT2D eigenvalue weighted by Gasteiger charge is -2.26. The van der Waals surface area contributed by atoms with Crippen molar-refractivity contribution in [1.82, 2.24) is 19.6 Å². The number of aliphatic hydroxyl groups excluding tert-OH is 2. The number of pyridine rings is 1. The third kappa shape index (κ3) is 3.66. The van der Waals surface area contributed by atoms with E-state index in [9.17, 15) is 14.6 Å². The number of imidazole rings is 1. The molecule has 8 nitrogen and oxygen atoms in total. The summed E-state index contributed by atoms with van der Waals surface area (Å²) >= 11 is 0. The number of rotatable bonds is 4. The van der Waals surface area contributed by atoms with E-state index in [2.05, 4.69) is 9.88 Å². The van der Waals surface area contributed by atoms with Crippen LogP contribution < -0.4 is 9.80 Å². The highest BCUT2D eigenvalue weighted by Crippen LogP contribution is 2.35. The largest absolute Gasteiger partial charge is 0.389 e. The number of fused-ring (bicyclic) bond motifs is 1. The van der Waals surface area contributed by atoms with Crippen LogP contribution in [0.25, 0.3) is 17.0 Å². The third-order valence-corrected chi connectivity index (χ3v) is 6.71. The molecule has 9 heteroatoms. The van der Waals surface area contributed by atoms with Crippen LogP contribution in [0, 0.1) is 5.82 Å². The summed E-state index contributed by atoms with van der Waals surface area (Å²) in [6.07, 6.45) is 2.14. The number of aromatic nitrogens is 4. The fourth-order valence-electron chi connectivity index (χ4n) is 4.99. The number of anilines is 2. The smallest absolute Gasteiger partial charge is 0.154 e. The number of hydrogen-bond acceptors (Lipinski definition) is 7. The predicted molar refractivity (Wildman–Crippen MR) is 126 cm³/mol. The molecule has 2 saturated heterocycles. The van der Waals surface area contributed by atoms with Gasteiger partial charge in [0.15, 0.2) is 5.65 Å². The van der Waals surface area contributed by atoms with Gasteiger partial charge < -0.3 is 20.0 Å². The van der Waals surface area contributed by atoms with E-state index in [1.54, 1.807) is 22.8 Å². The van der Waals surface area contributed by atoms with E-state index in [0.717, 1.165) is 36.5 Å². The molecule has 0 aliphatic carbocycles. The van der Waals surface area contributed by atoms with Gasteiger partial charge in [-0.3, -0.25) is 0 Å². The number of hydrogen-bond donors (Lipinski definition) is 2. The van der Waals surface area contributed by atoms with Gasteiger partial charge in [-0.15, -0.1) is 5.10 Å². The summed E-state index contributed by atoms with van der Waals surface area (Å²) in [6, 6.07) is 16.4. The first-order chi connectivity index (χ1) is 16.6. The van der Waals surface area contributed by atoms with Crippen LogP contribution in [0.2, 0.25) is 0 Å². The van der Waals surface area contributed by atoms with Gasteiger partial charge in [0, 0.05) is 19.6 Å². The Morgan fingerprint density at radius 3 is 2.59 bits per heavy atom. The van der Waals surface area contributed by atoms with E-state index in [1.165, 1.54) is 6.07 Å². The van der Waals surface area contributed by atoms with Crippen LogP contribution in [0.3, 0.4) is 0 Å². The summed E-state index contributed by atoms with van der Waals surface area (Å²) in [7, 11) is 0. The number of benzene rings is 1. The molecule has 0 saturated carbocycles. The van der Waals surface area contributed by atoms with E-state index in [-0.39, 0.29) is 11.9 Å². The Kier molecular flexibility index (Phi) is 5.15. The standard InChI is InChI=1S/C25H25FN6O2/c26-17-5-1-4-16(12-17)19-7-3-11-31(19)25-10-9-23-27-13-20(32(23)29-25)18-6-2-8-24(28-18)30-14-21(33)22(34)15-30/h1-2,4-6,8-10,12-13,19,21-22,33-34H,3,7,11,14-15H2/t19-,21+,22+/m1/s1. The minimum atomic E-state index is -0.781. The molecule has 2 N–H and O–H groups in total. The van der Waals surface area contributed by atoms with Crippen LogP contribution in [0.4, 0.5) is 16.0 Å². The van der Waals surface area contributed by atoms with E-state index >= 15 is 0 Å². The molecule has 2 fully saturated rings. The molecule has 0 radical (unpaired) electrons. The maximum atomic E-state index is 13.9. The summed E-state index contributed by atoms with van der Waals surface area (Å²) in [5, 5.41) is 24.7. The first kappa shape index (κ1) is 21.0. The normalized spacial score (nSPS) is 22.7. The summed E-state index contributed by atoms with van der Waals surface area (Å²) < 4.78 is 15.6.